The Balaban J connectivity index is 2.10. The van der Waals surface area contributed by atoms with Gasteiger partial charge in [-0.3, -0.25) is 14.5 Å². The van der Waals surface area contributed by atoms with E-state index in [1.807, 2.05) is 0 Å². The van der Waals surface area contributed by atoms with Gasteiger partial charge in [0.25, 0.3) is 5.91 Å². The molecule has 6 nitrogen and oxygen atoms in total. The number of carboxylic acid groups (broad SMARTS) is 1. The Labute approximate surface area is 105 Å². The van der Waals surface area contributed by atoms with Gasteiger partial charge in [0.15, 0.2) is 0 Å². The average Bonchev–Trinajstić information content (AvgIpc) is 2.55. The van der Waals surface area contributed by atoms with Crippen molar-refractivity contribution in [3.05, 3.63) is 0 Å². The molecule has 0 aromatic carbocycles. The minimum absolute atomic E-state index is 0.371. The smallest absolute Gasteiger partial charge is 0.325 e. The lowest BCUT2D eigenvalue weighted by atomic mass is 9.75. The number of hydrogen-bond donors (Lipinski definition) is 2. The van der Waals surface area contributed by atoms with E-state index in [1.165, 1.54) is 0 Å². The molecule has 1 aliphatic carbocycles. The van der Waals surface area contributed by atoms with Crippen molar-refractivity contribution in [1.82, 2.24) is 10.2 Å². The van der Waals surface area contributed by atoms with Crippen LogP contribution in [0, 0.1) is 5.92 Å². The molecule has 100 valence electrons. The van der Waals surface area contributed by atoms with E-state index in [1.54, 1.807) is 0 Å². The number of imide groups is 1. The molecular formula is C12H18N2O4. The van der Waals surface area contributed by atoms with E-state index in [9.17, 15) is 14.4 Å². The van der Waals surface area contributed by atoms with Crippen LogP contribution < -0.4 is 5.32 Å². The molecular weight excluding hydrogens is 236 g/mol. The monoisotopic (exact) mass is 254 g/mol. The van der Waals surface area contributed by atoms with E-state index in [4.69, 9.17) is 5.11 Å². The summed E-state index contributed by atoms with van der Waals surface area (Å²) in [7, 11) is 0. The van der Waals surface area contributed by atoms with Crippen LogP contribution in [-0.4, -0.2) is 40.0 Å². The molecule has 0 aromatic rings. The summed E-state index contributed by atoms with van der Waals surface area (Å²) in [5.41, 5.74) is -0.835. The van der Waals surface area contributed by atoms with Crippen molar-refractivity contribution in [2.45, 2.75) is 44.6 Å². The Bertz CT molecular complexity index is 386. The third-order valence-electron chi connectivity index (χ3n) is 4.08. The van der Waals surface area contributed by atoms with E-state index in [0.29, 0.717) is 18.8 Å². The van der Waals surface area contributed by atoms with Gasteiger partial charge in [0.1, 0.15) is 12.1 Å². The van der Waals surface area contributed by atoms with Gasteiger partial charge in [0, 0.05) is 0 Å². The van der Waals surface area contributed by atoms with Gasteiger partial charge in [-0.05, 0) is 31.6 Å². The standard InChI is InChI=1S/C12H18N2O4/c1-2-8-3-5-12(6-4-8)10(17)14(7-9(15)16)11(18)13-12/h8H,2-7H2,1H3,(H,13,18)(H,15,16). The van der Waals surface area contributed by atoms with Gasteiger partial charge in [0.05, 0.1) is 0 Å². The zero-order valence-corrected chi connectivity index (χ0v) is 10.4. The fraction of sp³-hybridized carbons (Fsp3) is 0.750. The first kappa shape index (κ1) is 12.9. The van der Waals surface area contributed by atoms with Gasteiger partial charge in [-0.25, -0.2) is 4.79 Å². The highest BCUT2D eigenvalue weighted by Crippen LogP contribution is 2.37. The van der Waals surface area contributed by atoms with Crippen LogP contribution in [0.5, 0.6) is 0 Å². The van der Waals surface area contributed by atoms with Crippen LogP contribution in [0.2, 0.25) is 0 Å². The number of aliphatic carboxylic acids is 1. The highest BCUT2D eigenvalue weighted by Gasteiger charge is 2.52. The zero-order valence-electron chi connectivity index (χ0n) is 10.4. The van der Waals surface area contributed by atoms with Crippen LogP contribution >= 0.6 is 0 Å². The van der Waals surface area contributed by atoms with E-state index < -0.39 is 24.1 Å². The van der Waals surface area contributed by atoms with Crippen molar-refractivity contribution in [2.24, 2.45) is 5.92 Å². The summed E-state index contributed by atoms with van der Waals surface area (Å²) in [5, 5.41) is 11.4. The summed E-state index contributed by atoms with van der Waals surface area (Å²) in [6, 6.07) is -0.572. The first-order valence-electron chi connectivity index (χ1n) is 6.34. The minimum atomic E-state index is -1.17. The minimum Gasteiger partial charge on any atom is -0.480 e. The van der Waals surface area contributed by atoms with Crippen molar-refractivity contribution < 1.29 is 19.5 Å². The maximum Gasteiger partial charge on any atom is 0.325 e. The second kappa shape index (κ2) is 4.59. The van der Waals surface area contributed by atoms with Crippen LogP contribution in [-0.2, 0) is 9.59 Å². The molecule has 0 unspecified atom stereocenters. The summed E-state index contributed by atoms with van der Waals surface area (Å²) >= 11 is 0. The number of carboxylic acids is 1. The van der Waals surface area contributed by atoms with Crippen LogP contribution in [0.15, 0.2) is 0 Å². The number of nitrogens with one attached hydrogen (secondary N) is 1. The number of hydrogen-bond acceptors (Lipinski definition) is 3. The van der Waals surface area contributed by atoms with Gasteiger partial charge < -0.3 is 10.4 Å². The zero-order chi connectivity index (χ0) is 13.3. The molecule has 3 amide bonds. The lowest BCUT2D eigenvalue weighted by Gasteiger charge is -2.34. The second-order valence-electron chi connectivity index (χ2n) is 5.15. The molecule has 1 spiro atoms. The van der Waals surface area contributed by atoms with Crippen molar-refractivity contribution in [2.75, 3.05) is 6.54 Å². The van der Waals surface area contributed by atoms with E-state index in [-0.39, 0.29) is 5.91 Å². The van der Waals surface area contributed by atoms with Gasteiger partial charge >= 0.3 is 12.0 Å². The summed E-state index contributed by atoms with van der Waals surface area (Å²) in [5.74, 6) is -0.934. The summed E-state index contributed by atoms with van der Waals surface area (Å²) < 4.78 is 0. The molecule has 6 heteroatoms. The molecule has 1 saturated heterocycles. The Morgan fingerprint density at radius 2 is 2.06 bits per heavy atom. The quantitative estimate of drug-likeness (QED) is 0.734. The van der Waals surface area contributed by atoms with Crippen LogP contribution in [0.1, 0.15) is 39.0 Å². The van der Waals surface area contributed by atoms with Crippen LogP contribution in [0.3, 0.4) is 0 Å². The van der Waals surface area contributed by atoms with Crippen molar-refractivity contribution in [3.63, 3.8) is 0 Å². The lowest BCUT2D eigenvalue weighted by Crippen LogP contribution is -2.49. The summed E-state index contributed by atoms with van der Waals surface area (Å²) in [6.07, 6.45) is 4.13. The first-order valence-corrected chi connectivity index (χ1v) is 6.34. The number of rotatable bonds is 3. The molecule has 1 saturated carbocycles. The highest BCUT2D eigenvalue weighted by atomic mass is 16.4. The first-order chi connectivity index (χ1) is 8.48. The third-order valence-corrected chi connectivity index (χ3v) is 4.08. The van der Waals surface area contributed by atoms with Crippen molar-refractivity contribution in [1.29, 1.82) is 0 Å². The number of amides is 3. The summed E-state index contributed by atoms with van der Waals surface area (Å²) in [6.45, 7) is 1.57. The number of urea groups is 1. The largest absolute Gasteiger partial charge is 0.480 e. The Hall–Kier alpha value is -1.59. The number of carbonyl (C=O) groups is 3. The molecule has 0 atom stereocenters. The molecule has 1 aliphatic heterocycles. The van der Waals surface area contributed by atoms with Crippen molar-refractivity contribution >= 4 is 17.9 Å². The Morgan fingerprint density at radius 1 is 1.44 bits per heavy atom. The fourth-order valence-electron chi connectivity index (χ4n) is 2.87. The highest BCUT2D eigenvalue weighted by molar-refractivity contribution is 6.08. The van der Waals surface area contributed by atoms with Crippen molar-refractivity contribution in [3.8, 4) is 0 Å². The average molecular weight is 254 g/mol. The normalized spacial score (nSPS) is 31.8. The Kier molecular flexibility index (Phi) is 3.28. The predicted molar refractivity (Wildman–Crippen MR) is 62.9 cm³/mol. The lowest BCUT2D eigenvalue weighted by molar-refractivity contribution is -0.143. The van der Waals surface area contributed by atoms with E-state index in [0.717, 1.165) is 24.2 Å². The molecule has 18 heavy (non-hydrogen) atoms. The molecule has 2 rings (SSSR count). The SMILES string of the molecule is CCC1CCC2(CC1)NC(=O)N(CC(=O)O)C2=O. The maximum absolute atomic E-state index is 12.2. The molecule has 2 aliphatic rings. The molecule has 1 heterocycles. The topological polar surface area (TPSA) is 86.7 Å². The van der Waals surface area contributed by atoms with Gasteiger partial charge in [-0.2, -0.15) is 0 Å². The van der Waals surface area contributed by atoms with Gasteiger partial charge in [-0.15, -0.1) is 0 Å². The van der Waals surface area contributed by atoms with Crippen LogP contribution in [0.4, 0.5) is 4.79 Å². The number of carbonyl (C=O) groups excluding carboxylic acids is 2. The molecule has 0 bridgehead atoms. The molecule has 0 radical (unpaired) electrons. The second-order valence-corrected chi connectivity index (χ2v) is 5.15. The predicted octanol–water partition coefficient (Wildman–Crippen LogP) is 0.962. The van der Waals surface area contributed by atoms with Gasteiger partial charge in [-0.1, -0.05) is 13.3 Å². The maximum atomic E-state index is 12.2. The molecule has 2 N–H and O–H groups in total. The van der Waals surface area contributed by atoms with Gasteiger partial charge in [0.2, 0.25) is 0 Å². The molecule has 2 fully saturated rings. The molecule has 0 aromatic heterocycles. The summed E-state index contributed by atoms with van der Waals surface area (Å²) in [4.78, 5) is 35.3. The van der Waals surface area contributed by atoms with E-state index in [2.05, 4.69) is 12.2 Å². The Morgan fingerprint density at radius 3 is 2.56 bits per heavy atom. The van der Waals surface area contributed by atoms with E-state index >= 15 is 0 Å². The number of nitrogens with zero attached hydrogens (tertiary/aromatic N) is 1. The van der Waals surface area contributed by atoms with Crippen LogP contribution in [0.25, 0.3) is 0 Å². The fourth-order valence-corrected chi connectivity index (χ4v) is 2.87. The third kappa shape index (κ3) is 2.07.